The fourth-order valence-electron chi connectivity index (χ4n) is 3.63. The van der Waals surface area contributed by atoms with Crippen LogP contribution >= 0.6 is 12.4 Å². The Morgan fingerprint density at radius 3 is 2.67 bits per heavy atom. The van der Waals surface area contributed by atoms with E-state index in [1.54, 1.807) is 0 Å². The number of carbonyl (C=O) groups is 1. The number of carbonyl (C=O) groups excluding carboxylic acids is 1. The molecule has 2 aliphatic rings. The molecule has 24 heavy (non-hydrogen) atoms. The first-order chi connectivity index (χ1) is 11.1. The Bertz CT molecular complexity index is 753. The highest BCUT2D eigenvalue weighted by Crippen LogP contribution is 2.29. The lowest BCUT2D eigenvalue weighted by molar-refractivity contribution is 0.0783. The van der Waals surface area contributed by atoms with E-state index in [0.29, 0.717) is 12.2 Å². The van der Waals surface area contributed by atoms with Gasteiger partial charge in [0.1, 0.15) is 0 Å². The number of hydrogen-bond acceptors (Lipinski definition) is 3. The number of benzene rings is 1. The number of aryl methyl sites for hydroxylation is 1. The number of likely N-dealkylation sites (tertiary alicyclic amines) is 1. The van der Waals surface area contributed by atoms with Crippen LogP contribution in [-0.2, 0) is 12.8 Å². The van der Waals surface area contributed by atoms with Crippen molar-refractivity contribution in [1.82, 2.24) is 14.7 Å². The van der Waals surface area contributed by atoms with E-state index in [1.165, 1.54) is 11.3 Å². The normalized spacial score (nSPS) is 19.2. The van der Waals surface area contributed by atoms with Crippen LogP contribution in [0.1, 0.15) is 40.2 Å². The third-order valence-corrected chi connectivity index (χ3v) is 4.92. The van der Waals surface area contributed by atoms with Crippen molar-refractivity contribution in [3.63, 3.8) is 0 Å². The molecule has 0 spiro atoms. The Balaban J connectivity index is 0.00000169. The molecule has 2 N–H and O–H groups in total. The van der Waals surface area contributed by atoms with Crippen LogP contribution in [0.25, 0.3) is 5.69 Å². The molecule has 0 bridgehead atoms. The zero-order valence-electron chi connectivity index (χ0n) is 13.9. The van der Waals surface area contributed by atoms with Crippen LogP contribution in [0, 0.1) is 6.92 Å². The Morgan fingerprint density at radius 1 is 1.25 bits per heavy atom. The second kappa shape index (κ2) is 6.57. The minimum atomic E-state index is 0. The highest BCUT2D eigenvalue weighted by atomic mass is 35.5. The quantitative estimate of drug-likeness (QED) is 0.907. The number of amides is 1. The summed E-state index contributed by atoms with van der Waals surface area (Å²) >= 11 is 0. The maximum atomic E-state index is 12.8. The van der Waals surface area contributed by atoms with Crippen molar-refractivity contribution in [3.8, 4) is 5.69 Å². The smallest absolute Gasteiger partial charge is 0.274 e. The summed E-state index contributed by atoms with van der Waals surface area (Å²) in [5.74, 6) is 0.0435. The second-order valence-electron chi connectivity index (χ2n) is 6.67. The van der Waals surface area contributed by atoms with E-state index in [9.17, 15) is 4.79 Å². The number of nitrogens with zero attached hydrogens (tertiary/aromatic N) is 3. The molecule has 0 unspecified atom stereocenters. The lowest BCUT2D eigenvalue weighted by atomic mass is 10.2. The molecule has 1 saturated heterocycles. The molecule has 5 nitrogen and oxygen atoms in total. The monoisotopic (exact) mass is 346 g/mol. The van der Waals surface area contributed by atoms with Crippen molar-refractivity contribution in [3.05, 3.63) is 46.8 Å². The first-order valence-corrected chi connectivity index (χ1v) is 8.36. The Morgan fingerprint density at radius 2 is 2.00 bits per heavy atom. The maximum Gasteiger partial charge on any atom is 0.274 e. The number of fused-ring (bicyclic) bond motifs is 1. The van der Waals surface area contributed by atoms with Crippen molar-refractivity contribution < 1.29 is 4.79 Å². The molecule has 1 fully saturated rings. The number of nitrogens with two attached hydrogens (primary N) is 1. The van der Waals surface area contributed by atoms with E-state index in [-0.39, 0.29) is 24.4 Å². The van der Waals surface area contributed by atoms with Gasteiger partial charge >= 0.3 is 0 Å². The van der Waals surface area contributed by atoms with Crippen molar-refractivity contribution in [2.24, 2.45) is 5.73 Å². The predicted octanol–water partition coefficient (Wildman–Crippen LogP) is 2.26. The zero-order chi connectivity index (χ0) is 16.0. The van der Waals surface area contributed by atoms with Gasteiger partial charge in [0.25, 0.3) is 5.91 Å². The molecule has 1 atom stereocenters. The van der Waals surface area contributed by atoms with Gasteiger partial charge in [0.2, 0.25) is 0 Å². The van der Waals surface area contributed by atoms with E-state index < -0.39 is 0 Å². The lowest BCUT2D eigenvalue weighted by Gasteiger charge is -2.14. The van der Waals surface area contributed by atoms with E-state index >= 15 is 0 Å². The van der Waals surface area contributed by atoms with Crippen LogP contribution in [-0.4, -0.2) is 39.7 Å². The summed E-state index contributed by atoms with van der Waals surface area (Å²) in [4.78, 5) is 14.7. The molecule has 1 aliphatic carbocycles. The van der Waals surface area contributed by atoms with Crippen LogP contribution in [0.15, 0.2) is 24.3 Å². The van der Waals surface area contributed by atoms with E-state index in [2.05, 4.69) is 36.3 Å². The number of aromatic nitrogens is 2. The van der Waals surface area contributed by atoms with Gasteiger partial charge in [-0.1, -0.05) is 17.7 Å². The van der Waals surface area contributed by atoms with Crippen molar-refractivity contribution in [2.45, 2.75) is 38.6 Å². The molecule has 4 rings (SSSR count). The fraction of sp³-hybridized carbons (Fsp3) is 0.444. The summed E-state index contributed by atoms with van der Waals surface area (Å²) in [5.41, 5.74) is 11.2. The number of hydrogen-bond donors (Lipinski definition) is 1. The third-order valence-electron chi connectivity index (χ3n) is 4.92. The molecule has 6 heteroatoms. The molecule has 1 aromatic carbocycles. The highest BCUT2D eigenvalue weighted by molar-refractivity contribution is 5.94. The minimum absolute atomic E-state index is 0. The minimum Gasteiger partial charge on any atom is -0.336 e. The summed E-state index contributed by atoms with van der Waals surface area (Å²) in [5, 5.41) is 4.69. The van der Waals surface area contributed by atoms with Gasteiger partial charge in [-0.3, -0.25) is 4.79 Å². The zero-order valence-corrected chi connectivity index (χ0v) is 14.7. The van der Waals surface area contributed by atoms with Crippen LogP contribution in [0.2, 0.25) is 0 Å². The highest BCUT2D eigenvalue weighted by Gasteiger charge is 2.32. The van der Waals surface area contributed by atoms with Crippen LogP contribution < -0.4 is 5.73 Å². The molecule has 1 amide bonds. The summed E-state index contributed by atoms with van der Waals surface area (Å²) in [6.45, 7) is 3.46. The van der Waals surface area contributed by atoms with Crippen molar-refractivity contribution in [2.75, 3.05) is 13.1 Å². The third kappa shape index (κ3) is 2.82. The van der Waals surface area contributed by atoms with Gasteiger partial charge < -0.3 is 10.6 Å². The topological polar surface area (TPSA) is 64.2 Å². The van der Waals surface area contributed by atoms with Gasteiger partial charge in [-0.2, -0.15) is 5.10 Å². The molecule has 2 aromatic rings. The Hall–Kier alpha value is -1.85. The fourth-order valence-corrected chi connectivity index (χ4v) is 3.63. The predicted molar refractivity (Wildman–Crippen MR) is 96.1 cm³/mol. The molecular weight excluding hydrogens is 324 g/mol. The number of halogens is 1. The van der Waals surface area contributed by atoms with Crippen molar-refractivity contribution in [1.29, 1.82) is 0 Å². The largest absolute Gasteiger partial charge is 0.336 e. The Kier molecular flexibility index (Phi) is 4.65. The van der Waals surface area contributed by atoms with Gasteiger partial charge in [-0.15, -0.1) is 12.4 Å². The van der Waals surface area contributed by atoms with Crippen LogP contribution in [0.3, 0.4) is 0 Å². The summed E-state index contributed by atoms with van der Waals surface area (Å²) < 4.78 is 1.96. The van der Waals surface area contributed by atoms with E-state index in [0.717, 1.165) is 43.5 Å². The first-order valence-electron chi connectivity index (χ1n) is 8.36. The molecule has 0 saturated carbocycles. The standard InChI is InChI=1S/C18H22N4O.ClH/c1-12-5-7-14(8-6-12)22-16-4-2-3-15(16)17(20-22)18(23)21-10-9-13(19)11-21;/h5-8,13H,2-4,9-11,19H2,1H3;1H/t13-;/m1./s1. The van der Waals surface area contributed by atoms with Gasteiger partial charge in [0.15, 0.2) is 5.69 Å². The molecule has 2 heterocycles. The van der Waals surface area contributed by atoms with E-state index in [4.69, 9.17) is 5.73 Å². The molecule has 1 aromatic heterocycles. The average molecular weight is 347 g/mol. The van der Waals surface area contributed by atoms with Gasteiger partial charge in [-0.05, 0) is 44.7 Å². The summed E-state index contributed by atoms with van der Waals surface area (Å²) in [6.07, 6.45) is 3.91. The van der Waals surface area contributed by atoms with Gasteiger partial charge in [0, 0.05) is 30.4 Å². The molecule has 0 radical (unpaired) electrons. The van der Waals surface area contributed by atoms with Crippen molar-refractivity contribution >= 4 is 18.3 Å². The second-order valence-corrected chi connectivity index (χ2v) is 6.67. The molecular formula is C18H23ClN4O. The SMILES string of the molecule is Cc1ccc(-n2nc(C(=O)N3CC[C@@H](N)C3)c3c2CCC3)cc1.Cl. The van der Waals surface area contributed by atoms with Crippen LogP contribution in [0.4, 0.5) is 0 Å². The van der Waals surface area contributed by atoms with Gasteiger partial charge in [0.05, 0.1) is 5.69 Å². The first kappa shape index (κ1) is 17.0. The summed E-state index contributed by atoms with van der Waals surface area (Å²) in [6, 6.07) is 8.41. The summed E-state index contributed by atoms with van der Waals surface area (Å²) in [7, 11) is 0. The van der Waals surface area contributed by atoms with E-state index in [1.807, 2.05) is 9.58 Å². The maximum absolute atomic E-state index is 12.8. The molecule has 1 aliphatic heterocycles. The van der Waals surface area contributed by atoms with Gasteiger partial charge in [-0.25, -0.2) is 4.68 Å². The lowest BCUT2D eigenvalue weighted by Crippen LogP contribution is -2.32. The Labute approximate surface area is 148 Å². The average Bonchev–Trinajstić information content (AvgIpc) is 3.23. The van der Waals surface area contributed by atoms with Crippen LogP contribution in [0.5, 0.6) is 0 Å². The molecule has 128 valence electrons. The number of rotatable bonds is 2.